The van der Waals surface area contributed by atoms with Crippen molar-refractivity contribution in [3.8, 4) is 0 Å². The van der Waals surface area contributed by atoms with Crippen LogP contribution in [0.5, 0.6) is 0 Å². The van der Waals surface area contributed by atoms with Gasteiger partial charge in [-0.3, -0.25) is 4.79 Å². The molecule has 2 nitrogen and oxygen atoms in total. The van der Waals surface area contributed by atoms with Crippen molar-refractivity contribution in [3.05, 3.63) is 70.0 Å². The van der Waals surface area contributed by atoms with Gasteiger partial charge < -0.3 is 5.32 Å². The van der Waals surface area contributed by atoms with Gasteiger partial charge in [0, 0.05) is 11.6 Å². The predicted octanol–water partition coefficient (Wildman–Crippen LogP) is 3.72. The summed E-state index contributed by atoms with van der Waals surface area (Å²) < 4.78 is 13.5. The highest BCUT2D eigenvalue weighted by atomic mass is 35.5. The Kier molecular flexibility index (Phi) is 4.17. The van der Waals surface area contributed by atoms with Crippen LogP contribution in [0.15, 0.2) is 42.5 Å². The molecule has 0 aliphatic rings. The van der Waals surface area contributed by atoms with E-state index in [-0.39, 0.29) is 5.56 Å². The van der Waals surface area contributed by atoms with Gasteiger partial charge in [-0.15, -0.1) is 0 Å². The molecule has 1 amide bonds. The van der Waals surface area contributed by atoms with Gasteiger partial charge in [0.15, 0.2) is 0 Å². The topological polar surface area (TPSA) is 29.1 Å². The fraction of sp³-hybridized carbons (Fsp3) is 0.133. The highest BCUT2D eigenvalue weighted by Crippen LogP contribution is 2.15. The van der Waals surface area contributed by atoms with Crippen LogP contribution < -0.4 is 5.32 Å². The van der Waals surface area contributed by atoms with E-state index in [9.17, 15) is 9.18 Å². The molecule has 2 rings (SSSR count). The first-order valence-corrected chi connectivity index (χ1v) is 6.23. The summed E-state index contributed by atoms with van der Waals surface area (Å²) >= 11 is 5.75. The molecule has 2 aromatic rings. The van der Waals surface area contributed by atoms with Crippen LogP contribution in [0.4, 0.5) is 4.39 Å². The van der Waals surface area contributed by atoms with Crippen LogP contribution in [0.2, 0.25) is 5.02 Å². The summed E-state index contributed by atoms with van der Waals surface area (Å²) in [7, 11) is 0. The van der Waals surface area contributed by atoms with Crippen molar-refractivity contribution in [2.75, 3.05) is 0 Å². The number of rotatable bonds is 3. The quantitative estimate of drug-likeness (QED) is 0.910. The Balaban J connectivity index is 2.05. The van der Waals surface area contributed by atoms with Crippen molar-refractivity contribution in [2.24, 2.45) is 0 Å². The molecule has 0 saturated carbocycles. The van der Waals surface area contributed by atoms with Gasteiger partial charge in [0.05, 0.1) is 5.56 Å². The van der Waals surface area contributed by atoms with E-state index in [1.54, 1.807) is 0 Å². The molecule has 19 heavy (non-hydrogen) atoms. The van der Waals surface area contributed by atoms with Crippen molar-refractivity contribution in [1.29, 1.82) is 0 Å². The Morgan fingerprint density at radius 1 is 1.21 bits per heavy atom. The zero-order valence-electron chi connectivity index (χ0n) is 10.4. The minimum atomic E-state index is -0.578. The molecule has 0 unspecified atom stereocenters. The maximum Gasteiger partial charge on any atom is 0.254 e. The number of aryl methyl sites for hydroxylation is 1. The fourth-order valence-electron chi connectivity index (χ4n) is 1.65. The number of carbonyl (C=O) groups excluding carboxylic acids is 1. The highest BCUT2D eigenvalue weighted by Gasteiger charge is 2.11. The Morgan fingerprint density at radius 2 is 1.89 bits per heavy atom. The summed E-state index contributed by atoms with van der Waals surface area (Å²) in [6, 6.07) is 11.7. The number of halogens is 2. The second kappa shape index (κ2) is 5.85. The Morgan fingerprint density at radius 3 is 2.58 bits per heavy atom. The first-order valence-electron chi connectivity index (χ1n) is 5.85. The summed E-state index contributed by atoms with van der Waals surface area (Å²) in [6.07, 6.45) is 0. The van der Waals surface area contributed by atoms with Crippen molar-refractivity contribution < 1.29 is 9.18 Å². The van der Waals surface area contributed by atoms with Gasteiger partial charge in [0.25, 0.3) is 5.91 Å². The van der Waals surface area contributed by atoms with Gasteiger partial charge in [-0.05, 0) is 30.7 Å². The lowest BCUT2D eigenvalue weighted by atomic mass is 10.1. The SMILES string of the molecule is Cc1ccc(CNC(=O)c2cc(Cl)ccc2F)cc1. The standard InChI is InChI=1S/C15H13ClFNO/c1-10-2-4-11(5-3-10)9-18-15(19)13-8-12(16)6-7-14(13)17/h2-8H,9H2,1H3,(H,18,19). The third-order valence-corrected chi connectivity index (χ3v) is 2.98. The van der Waals surface area contributed by atoms with Crippen LogP contribution in [0.1, 0.15) is 21.5 Å². The van der Waals surface area contributed by atoms with Crippen LogP contribution in [0.3, 0.4) is 0 Å². The van der Waals surface area contributed by atoms with E-state index in [1.165, 1.54) is 18.2 Å². The lowest BCUT2D eigenvalue weighted by molar-refractivity contribution is 0.0947. The van der Waals surface area contributed by atoms with E-state index < -0.39 is 11.7 Å². The van der Waals surface area contributed by atoms with Crippen LogP contribution in [-0.2, 0) is 6.54 Å². The minimum absolute atomic E-state index is 0.0420. The lowest BCUT2D eigenvalue weighted by Crippen LogP contribution is -2.23. The normalized spacial score (nSPS) is 10.3. The first-order chi connectivity index (χ1) is 9.06. The number of hydrogen-bond donors (Lipinski definition) is 1. The molecule has 0 heterocycles. The molecule has 0 fully saturated rings. The molecule has 4 heteroatoms. The second-order valence-corrected chi connectivity index (χ2v) is 4.73. The molecule has 0 spiro atoms. The van der Waals surface area contributed by atoms with E-state index in [0.717, 1.165) is 11.1 Å². The average Bonchev–Trinajstić information content (AvgIpc) is 2.40. The molecule has 0 bridgehead atoms. The van der Waals surface area contributed by atoms with E-state index in [2.05, 4.69) is 5.32 Å². The molecule has 2 aromatic carbocycles. The van der Waals surface area contributed by atoms with Gasteiger partial charge in [0.2, 0.25) is 0 Å². The number of benzene rings is 2. The van der Waals surface area contributed by atoms with Gasteiger partial charge >= 0.3 is 0 Å². The van der Waals surface area contributed by atoms with E-state index in [4.69, 9.17) is 11.6 Å². The Hall–Kier alpha value is -1.87. The number of hydrogen-bond acceptors (Lipinski definition) is 1. The summed E-state index contributed by atoms with van der Waals surface area (Å²) in [5.74, 6) is -1.05. The molecule has 98 valence electrons. The molecule has 0 aliphatic heterocycles. The molecule has 0 radical (unpaired) electrons. The number of amides is 1. The molecule has 0 aromatic heterocycles. The van der Waals surface area contributed by atoms with Gasteiger partial charge in [0.1, 0.15) is 5.82 Å². The number of carbonyl (C=O) groups is 1. The summed E-state index contributed by atoms with van der Waals surface area (Å²) in [5, 5.41) is 3.00. The summed E-state index contributed by atoms with van der Waals surface area (Å²) in [6.45, 7) is 2.34. The van der Waals surface area contributed by atoms with E-state index in [1.807, 2.05) is 31.2 Å². The Bertz CT molecular complexity index is 596. The molecular formula is C15H13ClFNO. The molecule has 1 N–H and O–H groups in total. The Labute approximate surface area is 116 Å². The molecule has 0 saturated heterocycles. The summed E-state index contributed by atoms with van der Waals surface area (Å²) in [5.41, 5.74) is 2.07. The van der Waals surface area contributed by atoms with Gasteiger partial charge in [-0.2, -0.15) is 0 Å². The van der Waals surface area contributed by atoms with E-state index in [0.29, 0.717) is 11.6 Å². The molecule has 0 aliphatic carbocycles. The first kappa shape index (κ1) is 13.6. The number of nitrogens with one attached hydrogen (secondary N) is 1. The van der Waals surface area contributed by atoms with Crippen LogP contribution in [-0.4, -0.2) is 5.91 Å². The van der Waals surface area contributed by atoms with Crippen molar-refractivity contribution >= 4 is 17.5 Å². The van der Waals surface area contributed by atoms with Crippen LogP contribution in [0.25, 0.3) is 0 Å². The zero-order valence-corrected chi connectivity index (χ0v) is 11.2. The molecule has 0 atom stereocenters. The maximum atomic E-state index is 13.5. The molecular weight excluding hydrogens is 265 g/mol. The average molecular weight is 278 g/mol. The van der Waals surface area contributed by atoms with Crippen LogP contribution in [0, 0.1) is 12.7 Å². The predicted molar refractivity (Wildman–Crippen MR) is 73.8 cm³/mol. The van der Waals surface area contributed by atoms with Gasteiger partial charge in [-0.25, -0.2) is 4.39 Å². The lowest BCUT2D eigenvalue weighted by Gasteiger charge is -2.07. The fourth-order valence-corrected chi connectivity index (χ4v) is 1.83. The van der Waals surface area contributed by atoms with Gasteiger partial charge in [-0.1, -0.05) is 41.4 Å². The second-order valence-electron chi connectivity index (χ2n) is 4.29. The third kappa shape index (κ3) is 3.55. The summed E-state index contributed by atoms with van der Waals surface area (Å²) in [4.78, 5) is 11.8. The van der Waals surface area contributed by atoms with Crippen LogP contribution >= 0.6 is 11.6 Å². The van der Waals surface area contributed by atoms with Crippen molar-refractivity contribution in [3.63, 3.8) is 0 Å². The van der Waals surface area contributed by atoms with Crippen molar-refractivity contribution in [1.82, 2.24) is 5.32 Å². The van der Waals surface area contributed by atoms with Crippen molar-refractivity contribution in [2.45, 2.75) is 13.5 Å². The zero-order chi connectivity index (χ0) is 13.8. The largest absolute Gasteiger partial charge is 0.348 e. The third-order valence-electron chi connectivity index (χ3n) is 2.75. The minimum Gasteiger partial charge on any atom is -0.348 e. The smallest absolute Gasteiger partial charge is 0.254 e. The monoisotopic (exact) mass is 277 g/mol. The van der Waals surface area contributed by atoms with E-state index >= 15 is 0 Å². The maximum absolute atomic E-state index is 13.5. The highest BCUT2D eigenvalue weighted by molar-refractivity contribution is 6.30.